The first-order valence-electron chi connectivity index (χ1n) is 10.8. The lowest BCUT2D eigenvalue weighted by Crippen LogP contribution is -2.24. The summed E-state index contributed by atoms with van der Waals surface area (Å²) in [5, 5.41) is 4.18. The predicted molar refractivity (Wildman–Crippen MR) is 133 cm³/mol. The Balaban J connectivity index is 1.80. The van der Waals surface area contributed by atoms with Gasteiger partial charge in [-0.1, -0.05) is 30.7 Å². The molecule has 0 fully saturated rings. The molecule has 1 amide bonds. The second-order valence-electron chi connectivity index (χ2n) is 8.23. The van der Waals surface area contributed by atoms with E-state index in [0.29, 0.717) is 39.7 Å². The summed E-state index contributed by atoms with van der Waals surface area (Å²) in [6.45, 7) is 6.48. The quantitative estimate of drug-likeness (QED) is 0.383. The number of rotatable bonds is 6. The number of H-pyrrole nitrogens is 1. The van der Waals surface area contributed by atoms with E-state index in [4.69, 9.17) is 16.3 Å². The van der Waals surface area contributed by atoms with Crippen LogP contribution in [0.5, 0.6) is 11.5 Å². The maximum atomic E-state index is 12.8. The SMILES string of the molecule is CCCNC(=O)c1cc2c(-c3cc(C)cc(Oc4ccc(C)c(Cl)c4)c3)cn(C)c(=O)c2[nH]1. The van der Waals surface area contributed by atoms with Crippen LogP contribution in [0.2, 0.25) is 5.02 Å². The number of carbonyl (C=O) groups excluding carboxylic acids is 1. The summed E-state index contributed by atoms with van der Waals surface area (Å²) in [4.78, 5) is 28.3. The third kappa shape index (κ3) is 4.66. The van der Waals surface area contributed by atoms with Crippen LogP contribution in [0.4, 0.5) is 0 Å². The molecule has 0 aliphatic rings. The number of fused-ring (bicyclic) bond motifs is 1. The van der Waals surface area contributed by atoms with Crippen molar-refractivity contribution in [3.05, 3.63) is 80.9 Å². The summed E-state index contributed by atoms with van der Waals surface area (Å²) in [6, 6.07) is 13.2. The molecule has 33 heavy (non-hydrogen) atoms. The van der Waals surface area contributed by atoms with Crippen LogP contribution in [-0.4, -0.2) is 22.0 Å². The van der Waals surface area contributed by atoms with Crippen LogP contribution in [0.15, 0.2) is 53.5 Å². The van der Waals surface area contributed by atoms with Gasteiger partial charge in [-0.25, -0.2) is 0 Å². The Labute approximate surface area is 197 Å². The van der Waals surface area contributed by atoms with Crippen LogP contribution >= 0.6 is 11.6 Å². The zero-order chi connectivity index (χ0) is 23.7. The molecule has 170 valence electrons. The van der Waals surface area contributed by atoms with E-state index >= 15 is 0 Å². The zero-order valence-electron chi connectivity index (χ0n) is 19.1. The van der Waals surface area contributed by atoms with E-state index < -0.39 is 0 Å². The summed E-state index contributed by atoms with van der Waals surface area (Å²) < 4.78 is 7.60. The lowest BCUT2D eigenvalue weighted by atomic mass is 10.0. The molecule has 0 spiro atoms. The third-order valence-corrected chi connectivity index (χ3v) is 5.89. The van der Waals surface area contributed by atoms with Crippen molar-refractivity contribution in [3.8, 4) is 22.6 Å². The van der Waals surface area contributed by atoms with Crippen molar-refractivity contribution in [2.24, 2.45) is 7.05 Å². The highest BCUT2D eigenvalue weighted by Crippen LogP contribution is 2.33. The summed E-state index contributed by atoms with van der Waals surface area (Å²) in [5.41, 5.74) is 4.25. The second-order valence-corrected chi connectivity index (χ2v) is 8.64. The predicted octanol–water partition coefficient (Wildman–Crippen LogP) is 5.74. The number of amides is 1. The van der Waals surface area contributed by atoms with Crippen LogP contribution in [0.25, 0.3) is 22.0 Å². The Kier molecular flexibility index (Phi) is 6.29. The summed E-state index contributed by atoms with van der Waals surface area (Å²) in [7, 11) is 1.70. The van der Waals surface area contributed by atoms with Crippen molar-refractivity contribution in [1.82, 2.24) is 14.9 Å². The standard InChI is InChI=1S/C26H26ClN3O3/c1-5-8-28-25(31)23-13-20-21(14-30(4)26(32)24(20)29-23)17-9-15(2)10-19(11-17)33-18-7-6-16(3)22(27)12-18/h6-7,9-14,29H,5,8H2,1-4H3,(H,28,31). The average molecular weight is 464 g/mol. The molecule has 6 nitrogen and oxygen atoms in total. The normalized spacial score (nSPS) is 11.1. The number of benzene rings is 2. The number of aromatic amines is 1. The van der Waals surface area contributed by atoms with Crippen LogP contribution < -0.4 is 15.6 Å². The first-order valence-corrected chi connectivity index (χ1v) is 11.2. The van der Waals surface area contributed by atoms with Crippen molar-refractivity contribution in [1.29, 1.82) is 0 Å². The molecule has 7 heteroatoms. The van der Waals surface area contributed by atoms with Gasteiger partial charge in [-0.05, 0) is 67.3 Å². The minimum absolute atomic E-state index is 0.193. The molecule has 0 saturated heterocycles. The fraction of sp³-hybridized carbons (Fsp3) is 0.231. The molecular formula is C26H26ClN3O3. The van der Waals surface area contributed by atoms with Gasteiger partial charge in [0.2, 0.25) is 0 Å². The Morgan fingerprint density at radius 3 is 2.64 bits per heavy atom. The van der Waals surface area contributed by atoms with E-state index in [1.54, 1.807) is 25.4 Å². The highest BCUT2D eigenvalue weighted by atomic mass is 35.5. The number of pyridine rings is 1. The Hall–Kier alpha value is -3.51. The summed E-state index contributed by atoms with van der Waals surface area (Å²) in [5.74, 6) is 1.07. The van der Waals surface area contributed by atoms with Gasteiger partial charge in [-0.2, -0.15) is 0 Å². The first kappa shape index (κ1) is 22.7. The third-order valence-electron chi connectivity index (χ3n) is 5.49. The smallest absolute Gasteiger partial charge is 0.274 e. The lowest BCUT2D eigenvalue weighted by molar-refractivity contribution is 0.0949. The number of nitrogens with zero attached hydrogens (tertiary/aromatic N) is 1. The molecule has 4 aromatic rings. The molecular weight excluding hydrogens is 438 g/mol. The van der Waals surface area contributed by atoms with Crippen LogP contribution in [0.3, 0.4) is 0 Å². The van der Waals surface area contributed by atoms with Crippen LogP contribution in [-0.2, 0) is 7.05 Å². The molecule has 2 aromatic heterocycles. The van der Waals surface area contributed by atoms with Gasteiger partial charge in [0.15, 0.2) is 0 Å². The summed E-state index contributed by atoms with van der Waals surface area (Å²) >= 11 is 6.25. The van der Waals surface area contributed by atoms with Gasteiger partial charge in [0, 0.05) is 35.8 Å². The number of carbonyl (C=O) groups is 1. The van der Waals surface area contributed by atoms with Crippen molar-refractivity contribution < 1.29 is 9.53 Å². The van der Waals surface area contributed by atoms with Crippen molar-refractivity contribution >= 4 is 28.4 Å². The minimum atomic E-state index is -0.231. The van der Waals surface area contributed by atoms with Crippen molar-refractivity contribution in [3.63, 3.8) is 0 Å². The van der Waals surface area contributed by atoms with Gasteiger partial charge in [-0.15, -0.1) is 0 Å². The van der Waals surface area contributed by atoms with E-state index in [1.165, 1.54) is 4.57 Å². The molecule has 0 saturated carbocycles. The van der Waals surface area contributed by atoms with E-state index in [-0.39, 0.29) is 11.5 Å². The molecule has 0 unspecified atom stereocenters. The van der Waals surface area contributed by atoms with Gasteiger partial charge < -0.3 is 19.6 Å². The number of hydrogen-bond acceptors (Lipinski definition) is 3. The number of nitrogens with one attached hydrogen (secondary N) is 2. The molecule has 0 radical (unpaired) electrons. The van der Waals surface area contributed by atoms with Gasteiger partial charge >= 0.3 is 0 Å². The van der Waals surface area contributed by atoms with Gasteiger partial charge in [-0.3, -0.25) is 9.59 Å². The molecule has 0 atom stereocenters. The van der Waals surface area contributed by atoms with Crippen LogP contribution in [0, 0.1) is 13.8 Å². The summed E-state index contributed by atoms with van der Waals surface area (Å²) in [6.07, 6.45) is 2.62. The number of aromatic nitrogens is 2. The minimum Gasteiger partial charge on any atom is -0.457 e. The van der Waals surface area contributed by atoms with Crippen molar-refractivity contribution in [2.75, 3.05) is 6.54 Å². The average Bonchev–Trinajstić information content (AvgIpc) is 3.22. The molecule has 2 N–H and O–H groups in total. The van der Waals surface area contributed by atoms with E-state index in [2.05, 4.69) is 10.3 Å². The molecule has 0 aliphatic heterocycles. The maximum Gasteiger partial charge on any atom is 0.274 e. The molecule has 2 heterocycles. The fourth-order valence-corrected chi connectivity index (χ4v) is 3.93. The lowest BCUT2D eigenvalue weighted by Gasteiger charge is -2.12. The Morgan fingerprint density at radius 1 is 1.12 bits per heavy atom. The Morgan fingerprint density at radius 2 is 1.91 bits per heavy atom. The number of aryl methyl sites for hydroxylation is 3. The van der Waals surface area contributed by atoms with Crippen LogP contribution in [0.1, 0.15) is 35.0 Å². The van der Waals surface area contributed by atoms with E-state index in [0.717, 1.165) is 28.7 Å². The van der Waals surface area contributed by atoms with Gasteiger partial charge in [0.1, 0.15) is 22.7 Å². The fourth-order valence-electron chi connectivity index (χ4n) is 3.76. The highest BCUT2D eigenvalue weighted by Gasteiger charge is 2.17. The topological polar surface area (TPSA) is 76.1 Å². The highest BCUT2D eigenvalue weighted by molar-refractivity contribution is 6.31. The molecule has 4 rings (SSSR count). The maximum absolute atomic E-state index is 12.8. The number of ether oxygens (including phenoxy) is 1. The zero-order valence-corrected chi connectivity index (χ0v) is 19.8. The monoisotopic (exact) mass is 463 g/mol. The van der Waals surface area contributed by atoms with E-state index in [9.17, 15) is 9.59 Å². The Bertz CT molecular complexity index is 1420. The second kappa shape index (κ2) is 9.16. The van der Waals surface area contributed by atoms with Gasteiger partial charge in [0.05, 0.1) is 0 Å². The van der Waals surface area contributed by atoms with E-state index in [1.807, 2.05) is 51.1 Å². The number of halogens is 1. The largest absolute Gasteiger partial charge is 0.457 e. The molecule has 0 bridgehead atoms. The van der Waals surface area contributed by atoms with Gasteiger partial charge in [0.25, 0.3) is 11.5 Å². The molecule has 2 aromatic carbocycles. The van der Waals surface area contributed by atoms with Crippen molar-refractivity contribution in [2.45, 2.75) is 27.2 Å². The number of hydrogen-bond donors (Lipinski definition) is 2. The molecule has 0 aliphatic carbocycles. The first-order chi connectivity index (χ1) is 15.8.